The van der Waals surface area contributed by atoms with Gasteiger partial charge in [0.15, 0.2) is 4.96 Å². The van der Waals surface area contributed by atoms with E-state index in [4.69, 9.17) is 0 Å². The predicted molar refractivity (Wildman–Crippen MR) is 71.5 cm³/mol. The molecule has 1 aliphatic carbocycles. The molecule has 2 aromatic heterocycles. The summed E-state index contributed by atoms with van der Waals surface area (Å²) in [6.07, 6.45) is 1.39. The van der Waals surface area contributed by atoms with Gasteiger partial charge in [0.25, 0.3) is 0 Å². The van der Waals surface area contributed by atoms with Gasteiger partial charge in [-0.2, -0.15) is 0 Å². The van der Waals surface area contributed by atoms with Crippen LogP contribution in [0.4, 0.5) is 0 Å². The van der Waals surface area contributed by atoms with Gasteiger partial charge >= 0.3 is 0 Å². The molecular formula is C13H19N3S. The lowest BCUT2D eigenvalue weighted by Crippen LogP contribution is -2.18. The van der Waals surface area contributed by atoms with Crippen molar-refractivity contribution in [3.05, 3.63) is 22.5 Å². The normalized spacial score (nSPS) is 23.5. The maximum absolute atomic E-state index is 4.60. The van der Waals surface area contributed by atoms with E-state index in [1.807, 2.05) is 0 Å². The summed E-state index contributed by atoms with van der Waals surface area (Å²) in [5, 5.41) is 5.75. The number of aromatic nitrogens is 2. The van der Waals surface area contributed by atoms with Gasteiger partial charge in [-0.1, -0.05) is 6.92 Å². The third-order valence-corrected chi connectivity index (χ3v) is 4.75. The molecule has 0 radical (unpaired) electrons. The molecule has 4 heteroatoms. The van der Waals surface area contributed by atoms with Crippen molar-refractivity contribution in [1.82, 2.24) is 14.7 Å². The van der Waals surface area contributed by atoms with E-state index in [1.54, 1.807) is 11.3 Å². The summed E-state index contributed by atoms with van der Waals surface area (Å²) in [6.45, 7) is 8.68. The van der Waals surface area contributed by atoms with E-state index in [9.17, 15) is 0 Å². The minimum Gasteiger partial charge on any atom is -0.311 e. The van der Waals surface area contributed by atoms with Gasteiger partial charge in [-0.05, 0) is 38.6 Å². The smallest absolute Gasteiger partial charge is 0.194 e. The minimum absolute atomic E-state index is 0.905. The Balaban J connectivity index is 1.74. The summed E-state index contributed by atoms with van der Waals surface area (Å²) in [5.74, 6) is 1.83. The van der Waals surface area contributed by atoms with Crippen LogP contribution in [0, 0.1) is 25.7 Å². The summed E-state index contributed by atoms with van der Waals surface area (Å²) < 4.78 is 2.28. The molecule has 2 atom stereocenters. The van der Waals surface area contributed by atoms with Crippen LogP contribution in [0.5, 0.6) is 0 Å². The zero-order chi connectivity index (χ0) is 12.0. The standard InChI is InChI=1S/C13H19N3S/c1-8-4-11(8)5-14-6-12-10(3)15-13-16(12)9(2)7-17-13/h7-8,11,14H,4-6H2,1-3H3. The average Bonchev–Trinajstić information content (AvgIpc) is 2.72. The lowest BCUT2D eigenvalue weighted by atomic mass is 10.3. The third kappa shape index (κ3) is 2.00. The van der Waals surface area contributed by atoms with Crippen LogP contribution in [0.2, 0.25) is 0 Å². The van der Waals surface area contributed by atoms with E-state index < -0.39 is 0 Å². The maximum atomic E-state index is 4.60. The van der Waals surface area contributed by atoms with Crippen molar-refractivity contribution in [3.8, 4) is 0 Å². The van der Waals surface area contributed by atoms with Crippen molar-refractivity contribution in [2.45, 2.75) is 33.7 Å². The number of hydrogen-bond acceptors (Lipinski definition) is 3. The van der Waals surface area contributed by atoms with Crippen LogP contribution < -0.4 is 5.32 Å². The SMILES string of the molecule is Cc1nc2scc(C)n2c1CNCC1CC1C. The number of fused-ring (bicyclic) bond motifs is 1. The van der Waals surface area contributed by atoms with Gasteiger partial charge in [-0.15, -0.1) is 11.3 Å². The zero-order valence-electron chi connectivity index (χ0n) is 10.7. The monoisotopic (exact) mass is 249 g/mol. The number of aryl methyl sites for hydroxylation is 2. The highest BCUT2D eigenvalue weighted by Gasteiger charge is 2.31. The Morgan fingerprint density at radius 1 is 1.53 bits per heavy atom. The Labute approximate surface area is 106 Å². The van der Waals surface area contributed by atoms with E-state index in [0.717, 1.165) is 35.6 Å². The highest BCUT2D eigenvalue weighted by atomic mass is 32.1. The average molecular weight is 249 g/mol. The van der Waals surface area contributed by atoms with Gasteiger partial charge < -0.3 is 5.32 Å². The second-order valence-electron chi connectivity index (χ2n) is 5.24. The number of hydrogen-bond donors (Lipinski definition) is 1. The molecule has 17 heavy (non-hydrogen) atoms. The molecule has 0 saturated heterocycles. The molecule has 2 heterocycles. The fraction of sp³-hybridized carbons (Fsp3) is 0.615. The molecule has 0 aromatic carbocycles. The first-order valence-corrected chi connectivity index (χ1v) is 7.17. The van der Waals surface area contributed by atoms with Gasteiger partial charge in [-0.25, -0.2) is 4.98 Å². The molecule has 1 aliphatic rings. The number of imidazole rings is 1. The van der Waals surface area contributed by atoms with Crippen molar-refractivity contribution >= 4 is 16.3 Å². The Hall–Kier alpha value is -0.870. The molecular weight excluding hydrogens is 230 g/mol. The highest BCUT2D eigenvalue weighted by Crippen LogP contribution is 2.36. The molecule has 1 N–H and O–H groups in total. The number of nitrogens with zero attached hydrogens (tertiary/aromatic N) is 2. The molecule has 0 aliphatic heterocycles. The van der Waals surface area contributed by atoms with Gasteiger partial charge in [-0.3, -0.25) is 4.40 Å². The van der Waals surface area contributed by atoms with Crippen LogP contribution in [0.3, 0.4) is 0 Å². The van der Waals surface area contributed by atoms with Crippen LogP contribution in [0.15, 0.2) is 5.38 Å². The molecule has 1 fully saturated rings. The molecule has 2 unspecified atom stereocenters. The fourth-order valence-electron chi connectivity index (χ4n) is 2.44. The second-order valence-corrected chi connectivity index (χ2v) is 6.08. The molecule has 3 nitrogen and oxygen atoms in total. The van der Waals surface area contributed by atoms with Crippen molar-refractivity contribution in [2.24, 2.45) is 11.8 Å². The van der Waals surface area contributed by atoms with Crippen LogP contribution in [0.25, 0.3) is 4.96 Å². The number of thiazole rings is 1. The summed E-state index contributed by atoms with van der Waals surface area (Å²) in [7, 11) is 0. The first-order chi connectivity index (χ1) is 8.16. The number of rotatable bonds is 4. The van der Waals surface area contributed by atoms with Crippen molar-refractivity contribution in [1.29, 1.82) is 0 Å². The first kappa shape index (κ1) is 11.2. The molecule has 92 valence electrons. The quantitative estimate of drug-likeness (QED) is 0.903. The lowest BCUT2D eigenvalue weighted by Gasteiger charge is -2.05. The third-order valence-electron chi connectivity index (χ3n) is 3.80. The molecule has 0 spiro atoms. The van der Waals surface area contributed by atoms with Gasteiger partial charge in [0.05, 0.1) is 11.4 Å². The predicted octanol–water partition coefficient (Wildman–Crippen LogP) is 2.76. The minimum atomic E-state index is 0.905. The Morgan fingerprint density at radius 3 is 3.00 bits per heavy atom. The number of nitrogens with one attached hydrogen (secondary N) is 1. The van der Waals surface area contributed by atoms with E-state index in [1.165, 1.54) is 17.8 Å². The Kier molecular flexibility index (Phi) is 2.71. The zero-order valence-corrected chi connectivity index (χ0v) is 11.5. The largest absolute Gasteiger partial charge is 0.311 e. The van der Waals surface area contributed by atoms with E-state index >= 15 is 0 Å². The summed E-state index contributed by atoms with van der Waals surface area (Å²) in [5.41, 5.74) is 3.78. The van der Waals surface area contributed by atoms with Crippen LogP contribution in [-0.2, 0) is 6.54 Å². The molecule has 0 bridgehead atoms. The Bertz CT molecular complexity index is 540. The second kappa shape index (κ2) is 4.10. The fourth-order valence-corrected chi connectivity index (χ4v) is 3.37. The van der Waals surface area contributed by atoms with Crippen LogP contribution >= 0.6 is 11.3 Å². The van der Waals surface area contributed by atoms with Crippen molar-refractivity contribution in [3.63, 3.8) is 0 Å². The van der Waals surface area contributed by atoms with E-state index in [-0.39, 0.29) is 0 Å². The topological polar surface area (TPSA) is 29.3 Å². The Morgan fingerprint density at radius 2 is 2.29 bits per heavy atom. The highest BCUT2D eigenvalue weighted by molar-refractivity contribution is 7.15. The summed E-state index contributed by atoms with van der Waals surface area (Å²) in [6, 6.07) is 0. The summed E-state index contributed by atoms with van der Waals surface area (Å²) in [4.78, 5) is 5.73. The lowest BCUT2D eigenvalue weighted by molar-refractivity contribution is 0.601. The van der Waals surface area contributed by atoms with Crippen LogP contribution in [0.1, 0.15) is 30.4 Å². The molecule has 0 amide bonds. The van der Waals surface area contributed by atoms with Gasteiger partial charge in [0.2, 0.25) is 0 Å². The van der Waals surface area contributed by atoms with Gasteiger partial charge in [0.1, 0.15) is 0 Å². The first-order valence-electron chi connectivity index (χ1n) is 6.29. The molecule has 2 aromatic rings. The van der Waals surface area contributed by atoms with Gasteiger partial charge in [0, 0.05) is 17.6 Å². The molecule has 1 saturated carbocycles. The van der Waals surface area contributed by atoms with E-state index in [0.29, 0.717) is 0 Å². The van der Waals surface area contributed by atoms with E-state index in [2.05, 4.69) is 40.9 Å². The van der Waals surface area contributed by atoms with Crippen LogP contribution in [-0.4, -0.2) is 15.9 Å². The van der Waals surface area contributed by atoms with Crippen molar-refractivity contribution in [2.75, 3.05) is 6.54 Å². The van der Waals surface area contributed by atoms with Crippen molar-refractivity contribution < 1.29 is 0 Å². The maximum Gasteiger partial charge on any atom is 0.194 e. The molecule has 3 rings (SSSR count). The summed E-state index contributed by atoms with van der Waals surface area (Å²) >= 11 is 1.73.